The van der Waals surface area contributed by atoms with E-state index in [4.69, 9.17) is 5.73 Å². The van der Waals surface area contributed by atoms with Crippen LogP contribution in [-0.2, 0) is 11.2 Å². The van der Waals surface area contributed by atoms with Gasteiger partial charge in [0.2, 0.25) is 5.91 Å². The van der Waals surface area contributed by atoms with Crippen molar-refractivity contribution in [3.8, 4) is 11.3 Å². The van der Waals surface area contributed by atoms with Crippen molar-refractivity contribution in [2.45, 2.75) is 13.3 Å². The van der Waals surface area contributed by atoms with Crippen molar-refractivity contribution < 1.29 is 4.79 Å². The predicted molar refractivity (Wildman–Crippen MR) is 67.3 cm³/mol. The van der Waals surface area contributed by atoms with Crippen LogP contribution < -0.4 is 5.73 Å². The maximum Gasteiger partial charge on any atom is 0.221 e. The first-order valence-electron chi connectivity index (χ1n) is 5.46. The van der Waals surface area contributed by atoms with Gasteiger partial charge >= 0.3 is 0 Å². The number of hydrogen-bond acceptors (Lipinski definition) is 2. The SMILES string of the molecule is Cc1cc(-c2ccccn2)ccc1CC(N)=O. The minimum Gasteiger partial charge on any atom is -0.369 e. The summed E-state index contributed by atoms with van der Waals surface area (Å²) in [5.41, 5.74) is 9.21. The number of primary amides is 1. The van der Waals surface area contributed by atoms with Crippen LogP contribution in [0, 0.1) is 6.92 Å². The van der Waals surface area contributed by atoms with Crippen LogP contribution in [0.25, 0.3) is 11.3 Å². The molecule has 0 atom stereocenters. The molecule has 1 aromatic carbocycles. The smallest absolute Gasteiger partial charge is 0.221 e. The Bertz CT molecular complexity index is 535. The highest BCUT2D eigenvalue weighted by atomic mass is 16.1. The van der Waals surface area contributed by atoms with E-state index < -0.39 is 0 Å². The Hall–Kier alpha value is -2.16. The molecule has 0 aliphatic rings. The first-order valence-corrected chi connectivity index (χ1v) is 5.46. The standard InChI is InChI=1S/C14H14N2O/c1-10-8-12(13-4-2-3-7-16-13)6-5-11(10)9-14(15)17/h2-8H,9H2,1H3,(H2,15,17). The van der Waals surface area contributed by atoms with Crippen LogP contribution in [0.4, 0.5) is 0 Å². The van der Waals surface area contributed by atoms with Crippen LogP contribution in [-0.4, -0.2) is 10.9 Å². The van der Waals surface area contributed by atoms with E-state index in [1.807, 2.05) is 43.3 Å². The van der Waals surface area contributed by atoms with Crippen LogP contribution in [0.15, 0.2) is 42.6 Å². The lowest BCUT2D eigenvalue weighted by Gasteiger charge is -2.06. The maximum absolute atomic E-state index is 10.9. The van der Waals surface area contributed by atoms with E-state index in [0.29, 0.717) is 0 Å². The molecule has 3 nitrogen and oxygen atoms in total. The zero-order valence-corrected chi connectivity index (χ0v) is 9.68. The Morgan fingerprint density at radius 2 is 2.12 bits per heavy atom. The third kappa shape index (κ3) is 2.69. The number of carbonyl (C=O) groups is 1. The number of nitrogens with zero attached hydrogens (tertiary/aromatic N) is 1. The van der Waals surface area contributed by atoms with Gasteiger partial charge in [0.1, 0.15) is 0 Å². The van der Waals surface area contributed by atoms with Gasteiger partial charge in [-0.25, -0.2) is 0 Å². The fourth-order valence-electron chi connectivity index (χ4n) is 1.77. The Morgan fingerprint density at radius 1 is 1.29 bits per heavy atom. The number of hydrogen-bond donors (Lipinski definition) is 1. The van der Waals surface area contributed by atoms with Crippen molar-refractivity contribution in [2.75, 3.05) is 0 Å². The summed E-state index contributed by atoms with van der Waals surface area (Å²) in [5.74, 6) is -0.307. The van der Waals surface area contributed by atoms with Crippen LogP contribution >= 0.6 is 0 Å². The molecule has 0 radical (unpaired) electrons. The zero-order valence-electron chi connectivity index (χ0n) is 9.68. The van der Waals surface area contributed by atoms with Crippen LogP contribution in [0.1, 0.15) is 11.1 Å². The van der Waals surface area contributed by atoms with Crippen molar-refractivity contribution in [3.63, 3.8) is 0 Å². The monoisotopic (exact) mass is 226 g/mol. The van der Waals surface area contributed by atoms with Gasteiger partial charge in [0, 0.05) is 11.8 Å². The molecule has 17 heavy (non-hydrogen) atoms. The van der Waals surface area contributed by atoms with E-state index in [1.54, 1.807) is 6.20 Å². The maximum atomic E-state index is 10.9. The number of carbonyl (C=O) groups excluding carboxylic acids is 1. The highest BCUT2D eigenvalue weighted by Gasteiger charge is 2.05. The van der Waals surface area contributed by atoms with Crippen molar-refractivity contribution in [1.82, 2.24) is 4.98 Å². The Kier molecular flexibility index (Phi) is 3.19. The highest BCUT2D eigenvalue weighted by Crippen LogP contribution is 2.20. The molecule has 3 heteroatoms. The molecule has 1 amide bonds. The van der Waals surface area contributed by atoms with E-state index in [0.717, 1.165) is 22.4 Å². The molecular formula is C14H14N2O. The average Bonchev–Trinajstić information content (AvgIpc) is 2.32. The second-order valence-corrected chi connectivity index (χ2v) is 4.00. The van der Waals surface area contributed by atoms with E-state index in [-0.39, 0.29) is 12.3 Å². The molecule has 1 aromatic heterocycles. The molecule has 0 aliphatic carbocycles. The molecule has 2 aromatic rings. The number of rotatable bonds is 3. The molecule has 0 saturated heterocycles. The summed E-state index contributed by atoms with van der Waals surface area (Å²) in [4.78, 5) is 15.2. The fourth-order valence-corrected chi connectivity index (χ4v) is 1.77. The normalized spacial score (nSPS) is 10.2. The largest absolute Gasteiger partial charge is 0.369 e. The molecule has 0 unspecified atom stereocenters. The molecule has 0 aliphatic heterocycles. The number of pyridine rings is 1. The Morgan fingerprint density at radius 3 is 2.71 bits per heavy atom. The number of amides is 1. The number of nitrogens with two attached hydrogens (primary N) is 1. The average molecular weight is 226 g/mol. The Labute approximate surface area is 100 Å². The summed E-state index contributed by atoms with van der Waals surface area (Å²) in [5, 5.41) is 0. The van der Waals surface area contributed by atoms with Gasteiger partial charge < -0.3 is 5.73 Å². The van der Waals surface area contributed by atoms with Gasteiger partial charge in [-0.05, 0) is 36.2 Å². The van der Waals surface area contributed by atoms with Gasteiger partial charge in [-0.3, -0.25) is 9.78 Å². The first-order chi connectivity index (χ1) is 8.16. The molecule has 0 bridgehead atoms. The summed E-state index contributed by atoms with van der Waals surface area (Å²) in [6.45, 7) is 1.98. The third-order valence-electron chi connectivity index (χ3n) is 2.67. The predicted octanol–water partition coefficient (Wildman–Crippen LogP) is 2.08. The lowest BCUT2D eigenvalue weighted by atomic mass is 10.0. The summed E-state index contributed by atoms with van der Waals surface area (Å²) in [6.07, 6.45) is 2.05. The van der Waals surface area contributed by atoms with Crippen LogP contribution in [0.3, 0.4) is 0 Å². The van der Waals surface area contributed by atoms with E-state index in [2.05, 4.69) is 4.98 Å². The zero-order chi connectivity index (χ0) is 12.3. The van der Waals surface area contributed by atoms with Crippen molar-refractivity contribution in [1.29, 1.82) is 0 Å². The second kappa shape index (κ2) is 4.78. The molecule has 0 saturated carbocycles. The van der Waals surface area contributed by atoms with Crippen molar-refractivity contribution >= 4 is 5.91 Å². The van der Waals surface area contributed by atoms with E-state index in [9.17, 15) is 4.79 Å². The molecule has 1 heterocycles. The lowest BCUT2D eigenvalue weighted by molar-refractivity contribution is -0.117. The summed E-state index contributed by atoms with van der Waals surface area (Å²) < 4.78 is 0. The minimum absolute atomic E-state index is 0.286. The molecule has 86 valence electrons. The van der Waals surface area contributed by atoms with Gasteiger partial charge in [-0.15, -0.1) is 0 Å². The number of aromatic nitrogens is 1. The quantitative estimate of drug-likeness (QED) is 0.871. The van der Waals surface area contributed by atoms with Gasteiger partial charge in [0.05, 0.1) is 12.1 Å². The minimum atomic E-state index is -0.307. The van der Waals surface area contributed by atoms with Gasteiger partial charge in [0.25, 0.3) is 0 Å². The molecule has 0 spiro atoms. The fraction of sp³-hybridized carbons (Fsp3) is 0.143. The summed E-state index contributed by atoms with van der Waals surface area (Å²) in [7, 11) is 0. The first kappa shape index (κ1) is 11.3. The molecular weight excluding hydrogens is 212 g/mol. The number of aryl methyl sites for hydroxylation is 1. The Balaban J connectivity index is 2.34. The van der Waals surface area contributed by atoms with E-state index in [1.165, 1.54) is 0 Å². The highest BCUT2D eigenvalue weighted by molar-refractivity contribution is 5.77. The van der Waals surface area contributed by atoms with Crippen LogP contribution in [0.2, 0.25) is 0 Å². The van der Waals surface area contributed by atoms with Gasteiger partial charge in [0.15, 0.2) is 0 Å². The van der Waals surface area contributed by atoms with Crippen molar-refractivity contribution in [2.24, 2.45) is 5.73 Å². The van der Waals surface area contributed by atoms with Gasteiger partial charge in [-0.2, -0.15) is 0 Å². The third-order valence-corrected chi connectivity index (χ3v) is 2.67. The van der Waals surface area contributed by atoms with Gasteiger partial charge in [-0.1, -0.05) is 18.2 Å². The summed E-state index contributed by atoms with van der Waals surface area (Å²) in [6, 6.07) is 11.7. The van der Waals surface area contributed by atoms with Crippen molar-refractivity contribution in [3.05, 3.63) is 53.7 Å². The molecule has 0 fully saturated rings. The summed E-state index contributed by atoms with van der Waals surface area (Å²) >= 11 is 0. The lowest BCUT2D eigenvalue weighted by Crippen LogP contribution is -2.14. The van der Waals surface area contributed by atoms with Crippen LogP contribution in [0.5, 0.6) is 0 Å². The molecule has 2 rings (SSSR count). The number of benzene rings is 1. The van der Waals surface area contributed by atoms with E-state index >= 15 is 0 Å². The topological polar surface area (TPSA) is 56.0 Å². The second-order valence-electron chi connectivity index (χ2n) is 4.00. The molecule has 2 N–H and O–H groups in total.